The molecule has 4 aromatic rings. The fraction of sp³-hybridized carbons (Fsp3) is 0.167. The standard InChI is InChI=1S/C24H23N3O6S/c1-15-7-5-6-8-22(15)34(30,31)25-18-13-19-20(27(3)24(29)23(28)26(19)2)14-21(18)33-17-11-9-16(32-4)10-12-17/h5-14,25H,1-4H3. The van der Waals surface area contributed by atoms with Crippen LogP contribution in [0.1, 0.15) is 5.56 Å². The zero-order valence-electron chi connectivity index (χ0n) is 19.0. The van der Waals surface area contributed by atoms with Crippen molar-refractivity contribution < 1.29 is 17.9 Å². The zero-order chi connectivity index (χ0) is 24.6. The van der Waals surface area contributed by atoms with Gasteiger partial charge in [0.2, 0.25) is 0 Å². The maximum absolute atomic E-state index is 13.2. The third kappa shape index (κ3) is 4.15. The molecule has 0 radical (unpaired) electrons. The number of sulfonamides is 1. The molecule has 0 spiro atoms. The van der Waals surface area contributed by atoms with Crippen LogP contribution < -0.4 is 25.3 Å². The van der Waals surface area contributed by atoms with Crippen LogP contribution in [0.5, 0.6) is 17.2 Å². The van der Waals surface area contributed by atoms with Crippen LogP contribution in [0.2, 0.25) is 0 Å². The topological polar surface area (TPSA) is 109 Å². The molecule has 0 aliphatic rings. The lowest BCUT2D eigenvalue weighted by Gasteiger charge is -2.17. The van der Waals surface area contributed by atoms with Crippen molar-refractivity contribution >= 4 is 26.7 Å². The average molecular weight is 482 g/mol. The second-order valence-electron chi connectivity index (χ2n) is 7.71. The molecule has 10 heteroatoms. The number of nitrogens with zero attached hydrogens (tertiary/aromatic N) is 2. The molecule has 0 bridgehead atoms. The maximum atomic E-state index is 13.2. The second-order valence-corrected chi connectivity index (χ2v) is 9.36. The third-order valence-electron chi connectivity index (χ3n) is 5.51. The summed E-state index contributed by atoms with van der Waals surface area (Å²) in [5.41, 5.74) is -0.000262. The van der Waals surface area contributed by atoms with Crippen molar-refractivity contribution in [3.05, 3.63) is 86.9 Å². The van der Waals surface area contributed by atoms with Gasteiger partial charge in [0.05, 0.1) is 28.7 Å². The van der Waals surface area contributed by atoms with Gasteiger partial charge in [-0.05, 0) is 48.9 Å². The van der Waals surface area contributed by atoms with Gasteiger partial charge < -0.3 is 18.6 Å². The Labute approximate surface area is 195 Å². The van der Waals surface area contributed by atoms with E-state index in [1.165, 1.54) is 41.4 Å². The Balaban J connectivity index is 1.92. The minimum Gasteiger partial charge on any atom is -0.497 e. The molecule has 0 aliphatic heterocycles. The van der Waals surface area contributed by atoms with Crippen molar-refractivity contribution in [2.45, 2.75) is 11.8 Å². The van der Waals surface area contributed by atoms with Crippen molar-refractivity contribution in [3.8, 4) is 17.2 Å². The minimum atomic E-state index is -3.99. The molecule has 9 nitrogen and oxygen atoms in total. The molecule has 0 aliphatic carbocycles. The van der Waals surface area contributed by atoms with Gasteiger partial charge in [0, 0.05) is 20.2 Å². The molecule has 0 saturated heterocycles. The SMILES string of the molecule is COc1ccc(Oc2cc3c(cc2NS(=O)(=O)c2ccccc2C)n(C)c(=O)c(=O)n3C)cc1. The highest BCUT2D eigenvalue weighted by molar-refractivity contribution is 7.92. The molecule has 1 N–H and O–H groups in total. The fourth-order valence-corrected chi connectivity index (χ4v) is 4.90. The Morgan fingerprint density at radius 1 is 0.824 bits per heavy atom. The number of nitrogens with one attached hydrogen (secondary N) is 1. The summed E-state index contributed by atoms with van der Waals surface area (Å²) in [5.74, 6) is 1.21. The van der Waals surface area contributed by atoms with Crippen LogP contribution in [0.3, 0.4) is 0 Å². The number of hydrogen-bond donors (Lipinski definition) is 1. The van der Waals surface area contributed by atoms with Gasteiger partial charge in [-0.1, -0.05) is 18.2 Å². The van der Waals surface area contributed by atoms with Crippen LogP contribution in [0.25, 0.3) is 11.0 Å². The van der Waals surface area contributed by atoms with Gasteiger partial charge >= 0.3 is 11.1 Å². The van der Waals surface area contributed by atoms with Crippen molar-refractivity contribution in [2.24, 2.45) is 14.1 Å². The number of benzene rings is 3. The first-order chi connectivity index (χ1) is 16.1. The highest BCUT2D eigenvalue weighted by Crippen LogP contribution is 2.35. The third-order valence-corrected chi connectivity index (χ3v) is 7.03. The summed E-state index contributed by atoms with van der Waals surface area (Å²) in [6.45, 7) is 1.70. The van der Waals surface area contributed by atoms with Gasteiger partial charge in [-0.3, -0.25) is 14.3 Å². The predicted molar refractivity (Wildman–Crippen MR) is 129 cm³/mol. The number of rotatable bonds is 6. The van der Waals surface area contributed by atoms with Crippen LogP contribution >= 0.6 is 0 Å². The van der Waals surface area contributed by atoms with E-state index in [0.717, 1.165) is 0 Å². The molecular weight excluding hydrogens is 458 g/mol. The van der Waals surface area contributed by atoms with E-state index < -0.39 is 21.1 Å². The summed E-state index contributed by atoms with van der Waals surface area (Å²) >= 11 is 0. The summed E-state index contributed by atoms with van der Waals surface area (Å²) in [6, 6.07) is 16.3. The van der Waals surface area contributed by atoms with Crippen molar-refractivity contribution in [1.82, 2.24) is 9.13 Å². The molecule has 0 unspecified atom stereocenters. The lowest BCUT2D eigenvalue weighted by molar-refractivity contribution is 0.413. The fourth-order valence-electron chi connectivity index (χ4n) is 3.59. The van der Waals surface area contributed by atoms with E-state index in [-0.39, 0.29) is 16.3 Å². The number of aryl methyl sites for hydroxylation is 3. The largest absolute Gasteiger partial charge is 0.497 e. The maximum Gasteiger partial charge on any atom is 0.316 e. The van der Waals surface area contributed by atoms with Gasteiger partial charge in [-0.25, -0.2) is 8.42 Å². The normalized spacial score (nSPS) is 11.4. The van der Waals surface area contributed by atoms with E-state index in [2.05, 4.69) is 4.72 Å². The van der Waals surface area contributed by atoms with Gasteiger partial charge in [-0.15, -0.1) is 0 Å². The molecule has 176 valence electrons. The van der Waals surface area contributed by atoms with Crippen LogP contribution in [0.4, 0.5) is 5.69 Å². The van der Waals surface area contributed by atoms with Crippen LogP contribution in [-0.4, -0.2) is 24.7 Å². The van der Waals surface area contributed by atoms with E-state index in [1.54, 1.807) is 56.5 Å². The van der Waals surface area contributed by atoms with Crippen molar-refractivity contribution in [3.63, 3.8) is 0 Å². The number of methoxy groups -OCH3 is 1. The summed E-state index contributed by atoms with van der Waals surface area (Å²) < 4.78 is 42.6. The molecule has 0 amide bonds. The van der Waals surface area contributed by atoms with Crippen LogP contribution in [-0.2, 0) is 24.1 Å². The Bertz CT molecular complexity index is 1620. The van der Waals surface area contributed by atoms with E-state index in [9.17, 15) is 18.0 Å². The summed E-state index contributed by atoms with van der Waals surface area (Å²) in [6.07, 6.45) is 0. The molecule has 0 atom stereocenters. The van der Waals surface area contributed by atoms with E-state index >= 15 is 0 Å². The molecule has 1 heterocycles. The van der Waals surface area contributed by atoms with Gasteiger partial charge in [0.25, 0.3) is 10.0 Å². The zero-order valence-corrected chi connectivity index (χ0v) is 19.8. The Kier molecular flexibility index (Phi) is 5.92. The second kappa shape index (κ2) is 8.71. The average Bonchev–Trinajstić information content (AvgIpc) is 2.82. The Morgan fingerprint density at radius 2 is 1.38 bits per heavy atom. The highest BCUT2D eigenvalue weighted by Gasteiger charge is 2.21. The van der Waals surface area contributed by atoms with Crippen molar-refractivity contribution in [1.29, 1.82) is 0 Å². The summed E-state index contributed by atoms with van der Waals surface area (Å²) in [4.78, 5) is 24.8. The lowest BCUT2D eigenvalue weighted by Crippen LogP contribution is -2.39. The molecule has 0 saturated carbocycles. The Hall–Kier alpha value is -4.05. The Morgan fingerprint density at radius 3 is 1.97 bits per heavy atom. The van der Waals surface area contributed by atoms with E-state index in [0.29, 0.717) is 28.1 Å². The lowest BCUT2D eigenvalue weighted by atomic mass is 10.2. The first kappa shape index (κ1) is 23.1. The van der Waals surface area contributed by atoms with Crippen molar-refractivity contribution in [2.75, 3.05) is 11.8 Å². The number of aromatic nitrogens is 2. The first-order valence-corrected chi connectivity index (χ1v) is 11.7. The van der Waals surface area contributed by atoms with Gasteiger partial charge in [0.15, 0.2) is 5.75 Å². The molecule has 3 aromatic carbocycles. The molecule has 1 aromatic heterocycles. The van der Waals surface area contributed by atoms with Crippen LogP contribution in [0.15, 0.2) is 75.1 Å². The molecular formula is C24H23N3O6S. The van der Waals surface area contributed by atoms with Gasteiger partial charge in [-0.2, -0.15) is 0 Å². The monoisotopic (exact) mass is 481 g/mol. The number of fused-ring (bicyclic) bond motifs is 1. The van der Waals surface area contributed by atoms with E-state index in [4.69, 9.17) is 9.47 Å². The minimum absolute atomic E-state index is 0.111. The predicted octanol–water partition coefficient (Wildman–Crippen LogP) is 3.15. The molecule has 4 rings (SSSR count). The number of anilines is 1. The quantitative estimate of drug-likeness (QED) is 0.424. The molecule has 34 heavy (non-hydrogen) atoms. The van der Waals surface area contributed by atoms with Crippen LogP contribution in [0, 0.1) is 6.92 Å². The summed E-state index contributed by atoms with van der Waals surface area (Å²) in [5, 5.41) is 0. The first-order valence-electron chi connectivity index (χ1n) is 10.3. The van der Waals surface area contributed by atoms with Gasteiger partial charge in [0.1, 0.15) is 11.5 Å². The smallest absolute Gasteiger partial charge is 0.316 e. The number of ether oxygens (including phenoxy) is 2. The number of hydrogen-bond acceptors (Lipinski definition) is 6. The summed E-state index contributed by atoms with van der Waals surface area (Å²) in [7, 11) is 0.485. The highest BCUT2D eigenvalue weighted by atomic mass is 32.2. The molecule has 0 fully saturated rings. The van der Waals surface area contributed by atoms with E-state index in [1.807, 2.05) is 0 Å².